The molecule has 1 saturated heterocycles. The van der Waals surface area contributed by atoms with E-state index in [1.807, 2.05) is 0 Å². The van der Waals surface area contributed by atoms with E-state index in [1.54, 1.807) is 6.08 Å². The van der Waals surface area contributed by atoms with Crippen molar-refractivity contribution < 1.29 is 14.3 Å². The van der Waals surface area contributed by atoms with Crippen LogP contribution in [0.3, 0.4) is 0 Å². The maximum Gasteiger partial charge on any atom is 0.306 e. The van der Waals surface area contributed by atoms with Crippen molar-refractivity contribution in [3.63, 3.8) is 0 Å². The molecule has 4 nitrogen and oxygen atoms in total. The van der Waals surface area contributed by atoms with Crippen molar-refractivity contribution in [3.8, 4) is 0 Å². The van der Waals surface area contributed by atoms with Crippen LogP contribution in [0.4, 0.5) is 0 Å². The quantitative estimate of drug-likeness (QED) is 0.524. The summed E-state index contributed by atoms with van der Waals surface area (Å²) in [5, 5.41) is 3.01. The van der Waals surface area contributed by atoms with Crippen LogP contribution in [-0.2, 0) is 14.3 Å². The van der Waals surface area contributed by atoms with Crippen LogP contribution in [0.15, 0.2) is 12.7 Å². The van der Waals surface area contributed by atoms with E-state index in [0.29, 0.717) is 32.4 Å². The van der Waals surface area contributed by atoms with Gasteiger partial charge in [-0.25, -0.2) is 0 Å². The largest absolute Gasteiger partial charge is 0.453 e. The van der Waals surface area contributed by atoms with Crippen LogP contribution in [-0.4, -0.2) is 30.9 Å². The van der Waals surface area contributed by atoms with E-state index in [4.69, 9.17) is 4.74 Å². The summed E-state index contributed by atoms with van der Waals surface area (Å²) in [5.41, 5.74) is 0. The lowest BCUT2D eigenvalue weighted by Crippen LogP contribution is -2.43. The van der Waals surface area contributed by atoms with Gasteiger partial charge in [-0.2, -0.15) is 0 Å². The summed E-state index contributed by atoms with van der Waals surface area (Å²) >= 11 is 0. The smallest absolute Gasteiger partial charge is 0.306 e. The Bertz CT molecular complexity index is 238. The van der Waals surface area contributed by atoms with Gasteiger partial charge in [0.05, 0.1) is 0 Å². The molecule has 0 saturated carbocycles. The Morgan fingerprint density at radius 2 is 2.50 bits per heavy atom. The molecule has 78 valence electrons. The lowest BCUT2D eigenvalue weighted by atomic mass is 10.1. The van der Waals surface area contributed by atoms with E-state index >= 15 is 0 Å². The van der Waals surface area contributed by atoms with Crippen molar-refractivity contribution in [2.24, 2.45) is 0 Å². The number of esters is 1. The summed E-state index contributed by atoms with van der Waals surface area (Å²) < 4.78 is 5.01. The number of piperidine rings is 1. The molecule has 0 aliphatic carbocycles. The van der Waals surface area contributed by atoms with Gasteiger partial charge in [0.2, 0.25) is 0 Å². The molecule has 1 rings (SSSR count). The first-order valence-electron chi connectivity index (χ1n) is 4.78. The second-order valence-electron chi connectivity index (χ2n) is 3.23. The average molecular weight is 197 g/mol. The number of allylic oxidation sites excluding steroid dienone is 1. The van der Waals surface area contributed by atoms with Crippen molar-refractivity contribution in [2.75, 3.05) is 13.1 Å². The maximum atomic E-state index is 11.3. The van der Waals surface area contributed by atoms with Gasteiger partial charge in [-0.05, 0) is 6.42 Å². The Kier molecular flexibility index (Phi) is 4.32. The highest BCUT2D eigenvalue weighted by Gasteiger charge is 2.24. The van der Waals surface area contributed by atoms with Crippen molar-refractivity contribution in [1.82, 2.24) is 5.32 Å². The zero-order chi connectivity index (χ0) is 10.4. The molecule has 1 atom stereocenters. The third-order valence-electron chi connectivity index (χ3n) is 2.06. The molecule has 1 fully saturated rings. The summed E-state index contributed by atoms with van der Waals surface area (Å²) in [7, 11) is 0. The first-order chi connectivity index (χ1) is 6.74. The molecule has 1 N–H and O–H groups in total. The van der Waals surface area contributed by atoms with E-state index in [1.165, 1.54) is 0 Å². The highest BCUT2D eigenvalue weighted by molar-refractivity contribution is 5.86. The highest BCUT2D eigenvalue weighted by atomic mass is 16.5. The molecule has 14 heavy (non-hydrogen) atoms. The molecule has 0 aromatic carbocycles. The number of nitrogens with one attached hydrogen (secondary N) is 1. The van der Waals surface area contributed by atoms with Crippen LogP contribution < -0.4 is 5.32 Å². The SMILES string of the molecule is C=CCCC(=O)OC1CNCCC1=O. The third-order valence-corrected chi connectivity index (χ3v) is 2.06. The van der Waals surface area contributed by atoms with Gasteiger partial charge in [0.15, 0.2) is 11.9 Å². The van der Waals surface area contributed by atoms with Crippen LogP contribution in [0.5, 0.6) is 0 Å². The number of hydrogen-bond donors (Lipinski definition) is 1. The Morgan fingerprint density at radius 3 is 3.14 bits per heavy atom. The van der Waals surface area contributed by atoms with E-state index < -0.39 is 6.10 Å². The van der Waals surface area contributed by atoms with Crippen molar-refractivity contribution in [1.29, 1.82) is 0 Å². The van der Waals surface area contributed by atoms with Crippen LogP contribution in [0.2, 0.25) is 0 Å². The zero-order valence-corrected chi connectivity index (χ0v) is 8.12. The van der Waals surface area contributed by atoms with Crippen molar-refractivity contribution in [2.45, 2.75) is 25.4 Å². The van der Waals surface area contributed by atoms with Gasteiger partial charge in [0.1, 0.15) is 0 Å². The first-order valence-corrected chi connectivity index (χ1v) is 4.78. The van der Waals surface area contributed by atoms with Gasteiger partial charge in [0, 0.05) is 25.9 Å². The van der Waals surface area contributed by atoms with E-state index in [2.05, 4.69) is 11.9 Å². The highest BCUT2D eigenvalue weighted by Crippen LogP contribution is 2.04. The number of ether oxygens (including phenoxy) is 1. The number of carbonyl (C=O) groups excluding carboxylic acids is 2. The molecule has 0 amide bonds. The van der Waals surface area contributed by atoms with E-state index in [-0.39, 0.29) is 11.8 Å². The van der Waals surface area contributed by atoms with Crippen LogP contribution >= 0.6 is 0 Å². The first kappa shape index (κ1) is 10.9. The fraction of sp³-hybridized carbons (Fsp3) is 0.600. The predicted octanol–water partition coefficient (Wildman–Crippen LogP) is 0.427. The molecule has 0 bridgehead atoms. The molecule has 1 unspecified atom stereocenters. The number of Topliss-reactive ketones (excluding diaryl/α,β-unsaturated/α-hetero) is 1. The van der Waals surface area contributed by atoms with Gasteiger partial charge >= 0.3 is 5.97 Å². The Morgan fingerprint density at radius 1 is 1.71 bits per heavy atom. The molecule has 4 heteroatoms. The Hall–Kier alpha value is -1.16. The minimum Gasteiger partial charge on any atom is -0.453 e. The maximum absolute atomic E-state index is 11.3. The normalized spacial score (nSPS) is 21.7. The Labute approximate surface area is 83.3 Å². The molecule has 1 heterocycles. The van der Waals surface area contributed by atoms with Crippen molar-refractivity contribution >= 4 is 11.8 Å². The van der Waals surface area contributed by atoms with E-state index in [9.17, 15) is 9.59 Å². The van der Waals surface area contributed by atoms with Crippen molar-refractivity contribution in [3.05, 3.63) is 12.7 Å². The monoisotopic (exact) mass is 197 g/mol. The molecule has 0 aromatic rings. The summed E-state index contributed by atoms with van der Waals surface area (Å²) in [6.07, 6.45) is 2.41. The van der Waals surface area contributed by atoms with Gasteiger partial charge in [-0.3, -0.25) is 9.59 Å². The third kappa shape index (κ3) is 3.30. The fourth-order valence-corrected chi connectivity index (χ4v) is 1.26. The Balaban J connectivity index is 2.30. The predicted molar refractivity (Wildman–Crippen MR) is 51.8 cm³/mol. The number of rotatable bonds is 4. The summed E-state index contributed by atoms with van der Waals surface area (Å²) in [4.78, 5) is 22.4. The molecule has 1 aliphatic heterocycles. The van der Waals surface area contributed by atoms with Gasteiger partial charge in [-0.1, -0.05) is 6.08 Å². The average Bonchev–Trinajstić information content (AvgIpc) is 2.18. The molecule has 1 aliphatic rings. The summed E-state index contributed by atoms with van der Waals surface area (Å²) in [6.45, 7) is 4.63. The zero-order valence-electron chi connectivity index (χ0n) is 8.12. The molecular formula is C10H15NO3. The van der Waals surface area contributed by atoms with Crippen LogP contribution in [0.25, 0.3) is 0 Å². The summed E-state index contributed by atoms with van der Waals surface area (Å²) in [5.74, 6) is -0.317. The summed E-state index contributed by atoms with van der Waals surface area (Å²) in [6, 6.07) is 0. The minimum absolute atomic E-state index is 0.00991. The molecule has 0 spiro atoms. The van der Waals surface area contributed by atoms with E-state index in [0.717, 1.165) is 0 Å². The number of hydrogen-bond acceptors (Lipinski definition) is 4. The topological polar surface area (TPSA) is 55.4 Å². The second-order valence-corrected chi connectivity index (χ2v) is 3.23. The van der Waals surface area contributed by atoms with Crippen LogP contribution in [0, 0.1) is 0 Å². The second kappa shape index (κ2) is 5.54. The lowest BCUT2D eigenvalue weighted by molar-refractivity contribution is -0.155. The van der Waals surface area contributed by atoms with Gasteiger partial charge in [-0.15, -0.1) is 6.58 Å². The van der Waals surface area contributed by atoms with Gasteiger partial charge < -0.3 is 10.1 Å². The number of carbonyl (C=O) groups is 2. The number of ketones is 1. The lowest BCUT2D eigenvalue weighted by Gasteiger charge is -2.21. The molecular weight excluding hydrogens is 182 g/mol. The van der Waals surface area contributed by atoms with Gasteiger partial charge in [0.25, 0.3) is 0 Å². The standard InChI is InChI=1S/C10H15NO3/c1-2-3-4-10(13)14-9-7-11-6-5-8(9)12/h2,9,11H,1,3-7H2. The minimum atomic E-state index is -0.582. The van der Waals surface area contributed by atoms with Crippen LogP contribution in [0.1, 0.15) is 19.3 Å². The molecule has 0 aromatic heterocycles. The molecule has 0 radical (unpaired) electrons. The fourth-order valence-electron chi connectivity index (χ4n) is 1.26.